The molecule has 0 nitrogen and oxygen atoms in total. The van der Waals surface area contributed by atoms with Gasteiger partial charge >= 0.3 is 0 Å². The first kappa shape index (κ1) is 24.2. The highest BCUT2D eigenvalue weighted by Gasteiger charge is 2.15. The fourth-order valence-corrected chi connectivity index (χ4v) is 3.23. The molecule has 0 amide bonds. The van der Waals surface area contributed by atoms with Crippen LogP contribution in [0, 0.1) is 62.8 Å². The molecule has 0 aliphatic carbocycles. The Morgan fingerprint density at radius 1 is 0.536 bits per heavy atom. The van der Waals surface area contributed by atoms with Gasteiger partial charge in [0.1, 0.15) is 0 Å². The summed E-state index contributed by atoms with van der Waals surface area (Å²) >= 11 is 0. The van der Waals surface area contributed by atoms with Crippen molar-refractivity contribution in [3.05, 3.63) is 68.8 Å². The molecule has 0 aliphatic heterocycles. The fourth-order valence-electron chi connectivity index (χ4n) is 3.23. The molecule has 0 saturated carbocycles. The lowest BCUT2D eigenvalue weighted by Crippen LogP contribution is -2.04. The molecular weight excluding hydrogens is 364 g/mol. The molecule has 0 aromatic heterocycles. The van der Waals surface area contributed by atoms with Gasteiger partial charge in [-0.1, -0.05) is 39.8 Å². The second-order valence-corrected chi connectivity index (χ2v) is 8.43. The maximum Gasteiger partial charge on any atom is 0.162 e. The van der Waals surface area contributed by atoms with Crippen LogP contribution in [0.3, 0.4) is 0 Å². The number of hydrogen-bond acceptors (Lipinski definition) is 0. The van der Waals surface area contributed by atoms with E-state index in [4.69, 9.17) is 0 Å². The van der Waals surface area contributed by atoms with E-state index in [1.807, 2.05) is 41.5 Å². The topological polar surface area (TPSA) is 0 Å². The summed E-state index contributed by atoms with van der Waals surface area (Å²) in [5, 5.41) is 0. The van der Waals surface area contributed by atoms with Gasteiger partial charge in [0.2, 0.25) is 0 Å². The molecule has 2 aromatic rings. The van der Waals surface area contributed by atoms with Crippen molar-refractivity contribution < 1.29 is 17.6 Å². The minimum absolute atomic E-state index is 0.338. The Morgan fingerprint density at radius 3 is 1.07 bits per heavy atom. The van der Waals surface area contributed by atoms with Crippen LogP contribution in [0.4, 0.5) is 17.6 Å². The summed E-state index contributed by atoms with van der Waals surface area (Å²) in [4.78, 5) is 0. The predicted octanol–water partition coefficient (Wildman–Crippen LogP) is 7.56. The van der Waals surface area contributed by atoms with Gasteiger partial charge in [0.15, 0.2) is 23.3 Å². The smallest absolute Gasteiger partial charge is 0.162 e. The van der Waals surface area contributed by atoms with Crippen molar-refractivity contribution in [1.29, 1.82) is 0 Å². The van der Waals surface area contributed by atoms with Gasteiger partial charge in [0, 0.05) is 0 Å². The highest BCUT2D eigenvalue weighted by atomic mass is 19.2. The van der Waals surface area contributed by atoms with E-state index in [0.29, 0.717) is 46.9 Å². The molecule has 0 spiro atoms. The summed E-state index contributed by atoms with van der Waals surface area (Å²) in [7, 11) is 0. The van der Waals surface area contributed by atoms with E-state index in [-0.39, 0.29) is 0 Å². The van der Waals surface area contributed by atoms with Crippen molar-refractivity contribution in [3.63, 3.8) is 0 Å². The Hall–Kier alpha value is -1.84. The van der Waals surface area contributed by atoms with Gasteiger partial charge in [-0.2, -0.15) is 0 Å². The number of halogens is 4. The molecule has 0 radical (unpaired) electrons. The van der Waals surface area contributed by atoms with Crippen LogP contribution in [-0.4, -0.2) is 0 Å². The van der Waals surface area contributed by atoms with Gasteiger partial charge in [0.25, 0.3) is 0 Å². The van der Waals surface area contributed by atoms with E-state index >= 15 is 0 Å². The Balaban J connectivity index is 0.000000280. The zero-order chi connectivity index (χ0) is 21.8. The van der Waals surface area contributed by atoms with Crippen LogP contribution in [0.15, 0.2) is 12.1 Å². The molecule has 0 N–H and O–H groups in total. The highest BCUT2D eigenvalue weighted by molar-refractivity contribution is 5.34. The Labute approximate surface area is 167 Å². The Bertz CT molecular complexity index is 751. The van der Waals surface area contributed by atoms with Crippen molar-refractivity contribution in [1.82, 2.24) is 0 Å². The van der Waals surface area contributed by atoms with Crippen molar-refractivity contribution in [2.24, 2.45) is 11.8 Å². The van der Waals surface area contributed by atoms with E-state index in [1.54, 1.807) is 26.0 Å². The average molecular weight is 397 g/mol. The van der Waals surface area contributed by atoms with Gasteiger partial charge in [-0.3, -0.25) is 0 Å². The zero-order valence-electron chi connectivity index (χ0n) is 18.2. The molecule has 0 saturated heterocycles. The van der Waals surface area contributed by atoms with Crippen LogP contribution in [0.1, 0.15) is 61.1 Å². The first-order valence-electron chi connectivity index (χ1n) is 9.74. The van der Waals surface area contributed by atoms with E-state index in [2.05, 4.69) is 0 Å². The maximum atomic E-state index is 13.5. The summed E-state index contributed by atoms with van der Waals surface area (Å²) in [6.07, 6.45) is 1.18. The molecule has 0 unspecified atom stereocenters. The van der Waals surface area contributed by atoms with Crippen LogP contribution in [-0.2, 0) is 12.8 Å². The maximum absolute atomic E-state index is 13.5. The van der Waals surface area contributed by atoms with Crippen molar-refractivity contribution in [2.75, 3.05) is 0 Å². The SMILES string of the molecule is Cc1cc(C)c(CC(C)C)c(F)c1F.Cc1cc(C)c(CC(C)C)c(F)c1F. The lowest BCUT2D eigenvalue weighted by molar-refractivity contribution is 0.483. The fraction of sp³-hybridized carbons (Fsp3) is 0.500. The summed E-state index contributed by atoms with van der Waals surface area (Å²) in [5.41, 5.74) is 3.48. The van der Waals surface area contributed by atoms with Gasteiger partial charge in [-0.15, -0.1) is 0 Å². The summed E-state index contributed by atoms with van der Waals surface area (Å²) in [5.74, 6) is -2.07. The van der Waals surface area contributed by atoms with Crippen molar-refractivity contribution in [3.8, 4) is 0 Å². The van der Waals surface area contributed by atoms with Crippen LogP contribution < -0.4 is 0 Å². The molecule has 156 valence electrons. The van der Waals surface area contributed by atoms with E-state index < -0.39 is 23.3 Å². The number of rotatable bonds is 4. The second-order valence-electron chi connectivity index (χ2n) is 8.43. The largest absolute Gasteiger partial charge is 0.203 e. The molecule has 2 rings (SSSR count). The third kappa shape index (κ3) is 6.08. The minimum Gasteiger partial charge on any atom is -0.203 e. The lowest BCUT2D eigenvalue weighted by Gasteiger charge is -2.12. The first-order valence-corrected chi connectivity index (χ1v) is 9.74. The van der Waals surface area contributed by atoms with E-state index in [0.717, 1.165) is 11.1 Å². The second kappa shape index (κ2) is 10.1. The molecule has 0 fully saturated rings. The summed E-state index contributed by atoms with van der Waals surface area (Å²) in [6, 6.07) is 3.41. The monoisotopic (exact) mass is 396 g/mol. The highest BCUT2D eigenvalue weighted by Crippen LogP contribution is 2.23. The molecule has 0 aliphatic rings. The van der Waals surface area contributed by atoms with Crippen LogP contribution in [0.5, 0.6) is 0 Å². The molecule has 4 heteroatoms. The van der Waals surface area contributed by atoms with Gasteiger partial charge in [-0.05, 0) is 85.8 Å². The average Bonchev–Trinajstić information content (AvgIpc) is 2.59. The quantitative estimate of drug-likeness (QED) is 0.468. The van der Waals surface area contributed by atoms with Crippen molar-refractivity contribution in [2.45, 2.75) is 68.2 Å². The molecule has 0 atom stereocenters. The minimum atomic E-state index is -0.703. The number of hydrogen-bond donors (Lipinski definition) is 0. The van der Waals surface area contributed by atoms with E-state index in [9.17, 15) is 17.6 Å². The molecule has 28 heavy (non-hydrogen) atoms. The number of aryl methyl sites for hydroxylation is 4. The standard InChI is InChI=1S/2C12H16F2/c2*1-7(2)5-10-8(3)6-9(4)11(13)12(10)14/h2*6-7H,5H2,1-4H3. The van der Waals surface area contributed by atoms with Crippen LogP contribution >= 0.6 is 0 Å². The third-order valence-corrected chi connectivity index (χ3v) is 4.65. The van der Waals surface area contributed by atoms with Crippen LogP contribution in [0.2, 0.25) is 0 Å². The molecular formula is C24H32F4. The molecule has 2 aromatic carbocycles. The summed E-state index contributed by atoms with van der Waals surface area (Å²) < 4.78 is 53.5. The normalized spacial score (nSPS) is 11.1. The zero-order valence-corrected chi connectivity index (χ0v) is 18.2. The van der Waals surface area contributed by atoms with E-state index in [1.165, 1.54) is 0 Å². The van der Waals surface area contributed by atoms with Gasteiger partial charge in [0.05, 0.1) is 0 Å². The van der Waals surface area contributed by atoms with Gasteiger partial charge in [-0.25, -0.2) is 17.6 Å². The van der Waals surface area contributed by atoms with Crippen molar-refractivity contribution >= 4 is 0 Å². The van der Waals surface area contributed by atoms with Crippen LogP contribution in [0.25, 0.3) is 0 Å². The van der Waals surface area contributed by atoms with Gasteiger partial charge < -0.3 is 0 Å². The Kier molecular flexibility index (Phi) is 8.72. The molecule has 0 heterocycles. The number of benzene rings is 2. The summed E-state index contributed by atoms with van der Waals surface area (Å²) in [6.45, 7) is 14.8. The molecule has 0 bridgehead atoms. The first-order chi connectivity index (χ1) is 12.9. The predicted molar refractivity (Wildman–Crippen MR) is 109 cm³/mol. The lowest BCUT2D eigenvalue weighted by atomic mass is 9.96. The Morgan fingerprint density at radius 2 is 0.821 bits per heavy atom. The third-order valence-electron chi connectivity index (χ3n) is 4.65.